The maximum absolute atomic E-state index is 13.2. The van der Waals surface area contributed by atoms with Gasteiger partial charge in [-0.3, -0.25) is 0 Å². The second-order valence-electron chi connectivity index (χ2n) is 5.06. The molecular formula is C16H16F2N2. The predicted molar refractivity (Wildman–Crippen MR) is 75.8 cm³/mol. The Labute approximate surface area is 116 Å². The minimum atomic E-state index is -0.822. The molecule has 0 bridgehead atoms. The molecule has 0 aromatic heterocycles. The van der Waals surface area contributed by atoms with Crippen molar-refractivity contribution < 1.29 is 8.78 Å². The van der Waals surface area contributed by atoms with E-state index in [-0.39, 0.29) is 6.04 Å². The number of halogens is 2. The first-order valence-electron chi connectivity index (χ1n) is 6.71. The zero-order valence-corrected chi connectivity index (χ0v) is 10.9. The summed E-state index contributed by atoms with van der Waals surface area (Å²) in [5.41, 5.74) is 1.86. The first kappa shape index (κ1) is 13.1. The Morgan fingerprint density at radius 2 is 1.75 bits per heavy atom. The molecule has 2 aromatic carbocycles. The second-order valence-corrected chi connectivity index (χ2v) is 5.06. The molecule has 1 fully saturated rings. The van der Waals surface area contributed by atoms with Crippen molar-refractivity contribution in [3.8, 4) is 0 Å². The van der Waals surface area contributed by atoms with Gasteiger partial charge in [0.1, 0.15) is 0 Å². The van der Waals surface area contributed by atoms with Crippen LogP contribution in [0.5, 0.6) is 0 Å². The van der Waals surface area contributed by atoms with Gasteiger partial charge in [-0.2, -0.15) is 0 Å². The lowest BCUT2D eigenvalue weighted by atomic mass is 9.94. The summed E-state index contributed by atoms with van der Waals surface area (Å²) < 4.78 is 26.2. The lowest BCUT2D eigenvalue weighted by molar-refractivity contribution is 0.508. The van der Waals surface area contributed by atoms with Crippen molar-refractivity contribution in [1.29, 1.82) is 0 Å². The zero-order valence-electron chi connectivity index (χ0n) is 10.9. The molecule has 0 saturated carbocycles. The standard InChI is InChI=1S/C16H16F2N2/c17-14-7-6-12(8-15(14)18)20-16-10-19-9-13(16)11-4-2-1-3-5-11/h1-8,13,16,19-20H,9-10H2. The molecule has 2 nitrogen and oxygen atoms in total. The molecule has 1 aliphatic heterocycles. The van der Waals surface area contributed by atoms with Crippen molar-refractivity contribution in [2.45, 2.75) is 12.0 Å². The van der Waals surface area contributed by atoms with Crippen LogP contribution in [-0.4, -0.2) is 19.1 Å². The Hall–Kier alpha value is -1.94. The van der Waals surface area contributed by atoms with Gasteiger partial charge in [-0.15, -0.1) is 0 Å². The topological polar surface area (TPSA) is 24.1 Å². The third-order valence-electron chi connectivity index (χ3n) is 3.71. The highest BCUT2D eigenvalue weighted by Crippen LogP contribution is 2.26. The molecule has 1 aliphatic rings. The highest BCUT2D eigenvalue weighted by atomic mass is 19.2. The third kappa shape index (κ3) is 2.65. The molecule has 0 radical (unpaired) electrons. The molecule has 0 spiro atoms. The van der Waals surface area contributed by atoms with Crippen LogP contribution in [0.25, 0.3) is 0 Å². The van der Waals surface area contributed by atoms with E-state index >= 15 is 0 Å². The normalized spacial score (nSPS) is 21.9. The predicted octanol–water partition coefficient (Wildman–Crippen LogP) is 3.13. The summed E-state index contributed by atoms with van der Waals surface area (Å²) in [6.07, 6.45) is 0. The van der Waals surface area contributed by atoms with Crippen molar-refractivity contribution in [3.63, 3.8) is 0 Å². The van der Waals surface area contributed by atoms with Gasteiger partial charge in [0.05, 0.1) is 0 Å². The highest BCUT2D eigenvalue weighted by molar-refractivity contribution is 5.46. The minimum absolute atomic E-state index is 0.169. The summed E-state index contributed by atoms with van der Waals surface area (Å²) in [5, 5.41) is 6.63. The minimum Gasteiger partial charge on any atom is -0.380 e. The van der Waals surface area contributed by atoms with Crippen LogP contribution in [0.4, 0.5) is 14.5 Å². The maximum atomic E-state index is 13.2. The van der Waals surface area contributed by atoms with E-state index in [9.17, 15) is 8.78 Å². The summed E-state index contributed by atoms with van der Waals surface area (Å²) in [4.78, 5) is 0. The van der Waals surface area contributed by atoms with Crippen molar-refractivity contribution in [2.24, 2.45) is 0 Å². The molecule has 1 heterocycles. The Kier molecular flexibility index (Phi) is 3.65. The molecule has 20 heavy (non-hydrogen) atoms. The maximum Gasteiger partial charge on any atom is 0.160 e. The van der Waals surface area contributed by atoms with Crippen molar-refractivity contribution in [3.05, 3.63) is 65.7 Å². The van der Waals surface area contributed by atoms with Gasteiger partial charge in [-0.05, 0) is 17.7 Å². The number of hydrogen-bond acceptors (Lipinski definition) is 2. The fourth-order valence-corrected chi connectivity index (χ4v) is 2.68. The Bertz CT molecular complexity index is 586. The number of benzene rings is 2. The molecule has 1 saturated heterocycles. The van der Waals surface area contributed by atoms with Crippen molar-refractivity contribution in [2.75, 3.05) is 18.4 Å². The van der Waals surface area contributed by atoms with Gasteiger partial charge in [-0.25, -0.2) is 8.78 Å². The van der Waals surface area contributed by atoms with E-state index in [4.69, 9.17) is 0 Å². The molecule has 2 aromatic rings. The molecule has 2 N–H and O–H groups in total. The quantitative estimate of drug-likeness (QED) is 0.898. The van der Waals surface area contributed by atoms with E-state index in [2.05, 4.69) is 22.8 Å². The Morgan fingerprint density at radius 3 is 2.50 bits per heavy atom. The van der Waals surface area contributed by atoms with Crippen molar-refractivity contribution in [1.82, 2.24) is 5.32 Å². The summed E-state index contributed by atoms with van der Waals surface area (Å²) in [5.74, 6) is -1.32. The number of nitrogens with one attached hydrogen (secondary N) is 2. The lowest BCUT2D eigenvalue weighted by Gasteiger charge is -2.21. The van der Waals surface area contributed by atoms with E-state index in [1.807, 2.05) is 18.2 Å². The molecule has 2 atom stereocenters. The summed E-state index contributed by atoms with van der Waals surface area (Å²) in [6, 6.07) is 14.3. The monoisotopic (exact) mass is 274 g/mol. The van der Waals surface area contributed by atoms with E-state index in [1.54, 1.807) is 6.07 Å². The van der Waals surface area contributed by atoms with Crippen LogP contribution in [0.15, 0.2) is 48.5 Å². The van der Waals surface area contributed by atoms with Crippen LogP contribution in [0.1, 0.15) is 11.5 Å². The average Bonchev–Trinajstić information content (AvgIpc) is 2.92. The first-order chi connectivity index (χ1) is 9.74. The molecular weight excluding hydrogens is 258 g/mol. The molecule has 0 aliphatic carbocycles. The Morgan fingerprint density at radius 1 is 0.950 bits per heavy atom. The molecule has 0 amide bonds. The van der Waals surface area contributed by atoms with Gasteiger partial charge >= 0.3 is 0 Å². The fourth-order valence-electron chi connectivity index (χ4n) is 2.68. The highest BCUT2D eigenvalue weighted by Gasteiger charge is 2.28. The van der Waals surface area contributed by atoms with E-state index in [0.29, 0.717) is 11.6 Å². The second kappa shape index (κ2) is 5.59. The van der Waals surface area contributed by atoms with Crippen molar-refractivity contribution >= 4 is 5.69 Å². The smallest absolute Gasteiger partial charge is 0.160 e. The molecule has 104 valence electrons. The number of rotatable bonds is 3. The van der Waals surface area contributed by atoms with Crippen LogP contribution in [0.3, 0.4) is 0 Å². The van der Waals surface area contributed by atoms with Crippen LogP contribution in [-0.2, 0) is 0 Å². The van der Waals surface area contributed by atoms with Gasteiger partial charge in [0.2, 0.25) is 0 Å². The average molecular weight is 274 g/mol. The van der Waals surface area contributed by atoms with E-state index < -0.39 is 11.6 Å². The van der Waals surface area contributed by atoms with Gasteiger partial charge in [0.25, 0.3) is 0 Å². The molecule has 4 heteroatoms. The molecule has 2 unspecified atom stereocenters. The number of hydrogen-bond donors (Lipinski definition) is 2. The fraction of sp³-hybridized carbons (Fsp3) is 0.250. The summed E-state index contributed by atoms with van der Waals surface area (Å²) in [7, 11) is 0. The van der Waals surface area contributed by atoms with Crippen LogP contribution >= 0.6 is 0 Å². The van der Waals surface area contributed by atoms with Gasteiger partial charge < -0.3 is 10.6 Å². The third-order valence-corrected chi connectivity index (χ3v) is 3.71. The number of anilines is 1. The molecule has 3 rings (SSSR count). The van der Waals surface area contributed by atoms with Gasteiger partial charge in [-0.1, -0.05) is 30.3 Å². The van der Waals surface area contributed by atoms with Gasteiger partial charge in [0, 0.05) is 36.8 Å². The summed E-state index contributed by atoms with van der Waals surface area (Å²) in [6.45, 7) is 1.68. The van der Waals surface area contributed by atoms with E-state index in [1.165, 1.54) is 11.6 Å². The van der Waals surface area contributed by atoms with Crippen LogP contribution in [0.2, 0.25) is 0 Å². The van der Waals surface area contributed by atoms with Crippen LogP contribution < -0.4 is 10.6 Å². The SMILES string of the molecule is Fc1ccc(NC2CNCC2c2ccccc2)cc1F. The first-order valence-corrected chi connectivity index (χ1v) is 6.71. The Balaban J connectivity index is 1.77. The van der Waals surface area contributed by atoms with Gasteiger partial charge in [0.15, 0.2) is 11.6 Å². The van der Waals surface area contributed by atoms with Crippen LogP contribution in [0, 0.1) is 11.6 Å². The van der Waals surface area contributed by atoms with E-state index in [0.717, 1.165) is 19.2 Å². The summed E-state index contributed by atoms with van der Waals surface area (Å²) >= 11 is 0. The zero-order chi connectivity index (χ0) is 13.9. The lowest BCUT2D eigenvalue weighted by Crippen LogP contribution is -2.27. The largest absolute Gasteiger partial charge is 0.380 e.